The largest absolute Gasteiger partial charge is 0.350 e. The minimum absolute atomic E-state index is 0.0740. The Morgan fingerprint density at radius 2 is 2.00 bits per heavy atom. The molecule has 1 aliphatic carbocycles. The molecule has 7 heteroatoms. The van der Waals surface area contributed by atoms with Crippen molar-refractivity contribution in [1.29, 1.82) is 0 Å². The van der Waals surface area contributed by atoms with Crippen LogP contribution in [-0.4, -0.2) is 37.9 Å². The van der Waals surface area contributed by atoms with Gasteiger partial charge in [-0.2, -0.15) is 8.78 Å². The van der Waals surface area contributed by atoms with Crippen LogP contribution in [0.1, 0.15) is 19.3 Å². The molecule has 1 atom stereocenters. The van der Waals surface area contributed by atoms with Crippen LogP contribution >= 0.6 is 0 Å². The highest BCUT2D eigenvalue weighted by Gasteiger charge is 2.58. The minimum Gasteiger partial charge on any atom is -0.350 e. The molecule has 1 aliphatic heterocycles. The average Bonchev–Trinajstić information content (AvgIpc) is 3.01. The van der Waals surface area contributed by atoms with Crippen molar-refractivity contribution in [2.24, 2.45) is 11.3 Å². The third-order valence-corrected chi connectivity index (χ3v) is 3.92. The minimum atomic E-state index is -4.15. The number of hydrogen-bond donors (Lipinski definition) is 2. The van der Waals surface area contributed by atoms with E-state index < -0.39 is 24.8 Å². The van der Waals surface area contributed by atoms with Gasteiger partial charge in [-0.05, 0) is 37.8 Å². The van der Waals surface area contributed by atoms with Crippen molar-refractivity contribution in [3.8, 4) is 0 Å². The molecule has 1 heterocycles. The summed E-state index contributed by atoms with van der Waals surface area (Å²) < 4.78 is 49.1. The summed E-state index contributed by atoms with van der Waals surface area (Å²) in [7, 11) is 0. The van der Waals surface area contributed by atoms with E-state index >= 15 is 0 Å². The van der Waals surface area contributed by atoms with Crippen molar-refractivity contribution in [1.82, 2.24) is 10.6 Å². The van der Waals surface area contributed by atoms with Gasteiger partial charge in [-0.25, -0.2) is 8.78 Å². The molecule has 3 nitrogen and oxygen atoms in total. The SMILES string of the molecule is O=C(NCC(F)(F)C(F)F)C1CC12CCNCC2. The summed E-state index contributed by atoms with van der Waals surface area (Å²) in [5.41, 5.74) is -0.0740. The predicted octanol–water partition coefficient (Wildman–Crippen LogP) is 1.39. The van der Waals surface area contributed by atoms with Crippen molar-refractivity contribution >= 4 is 5.91 Å². The molecule has 0 aromatic rings. The monoisotopic (exact) mass is 268 g/mol. The molecule has 104 valence electrons. The highest BCUT2D eigenvalue weighted by Crippen LogP contribution is 2.58. The molecular weight excluding hydrogens is 252 g/mol. The summed E-state index contributed by atoms with van der Waals surface area (Å²) in [5.74, 6) is -4.95. The van der Waals surface area contributed by atoms with E-state index in [9.17, 15) is 22.4 Å². The number of rotatable bonds is 4. The number of carbonyl (C=O) groups is 1. The first-order valence-electron chi connectivity index (χ1n) is 6.02. The van der Waals surface area contributed by atoms with Crippen molar-refractivity contribution < 1.29 is 22.4 Å². The van der Waals surface area contributed by atoms with Gasteiger partial charge in [-0.3, -0.25) is 4.79 Å². The molecule has 2 rings (SSSR count). The maximum Gasteiger partial charge on any atom is 0.324 e. The van der Waals surface area contributed by atoms with Crippen LogP contribution in [-0.2, 0) is 4.79 Å². The van der Waals surface area contributed by atoms with Crippen molar-refractivity contribution in [2.45, 2.75) is 31.6 Å². The maximum atomic E-state index is 12.6. The molecule has 2 N–H and O–H groups in total. The van der Waals surface area contributed by atoms with E-state index in [2.05, 4.69) is 5.32 Å². The topological polar surface area (TPSA) is 41.1 Å². The number of carbonyl (C=O) groups excluding carboxylic acids is 1. The molecule has 1 spiro atoms. The van der Waals surface area contributed by atoms with Crippen molar-refractivity contribution in [3.63, 3.8) is 0 Å². The Hall–Kier alpha value is -0.850. The number of alkyl halides is 4. The van der Waals surface area contributed by atoms with Crippen LogP contribution in [0.2, 0.25) is 0 Å². The van der Waals surface area contributed by atoms with Gasteiger partial charge in [0.15, 0.2) is 0 Å². The lowest BCUT2D eigenvalue weighted by Crippen LogP contribution is -2.43. The zero-order valence-electron chi connectivity index (χ0n) is 9.82. The molecule has 0 bridgehead atoms. The van der Waals surface area contributed by atoms with E-state index in [-0.39, 0.29) is 11.3 Å². The van der Waals surface area contributed by atoms with Crippen LogP contribution in [0.15, 0.2) is 0 Å². The molecule has 2 fully saturated rings. The fraction of sp³-hybridized carbons (Fsp3) is 0.909. The fourth-order valence-electron chi connectivity index (χ4n) is 2.60. The normalized spacial score (nSPS) is 26.4. The number of piperidine rings is 1. The van der Waals surface area contributed by atoms with Gasteiger partial charge in [0.25, 0.3) is 0 Å². The first kappa shape index (κ1) is 13.6. The predicted molar refractivity (Wildman–Crippen MR) is 56.6 cm³/mol. The van der Waals surface area contributed by atoms with Crippen LogP contribution in [0.4, 0.5) is 17.6 Å². The van der Waals surface area contributed by atoms with Crippen LogP contribution in [0.3, 0.4) is 0 Å². The molecule has 2 aliphatic rings. The third-order valence-electron chi connectivity index (χ3n) is 3.92. The summed E-state index contributed by atoms with van der Waals surface area (Å²) in [6, 6.07) is 0. The second-order valence-corrected chi connectivity index (χ2v) is 5.15. The van der Waals surface area contributed by atoms with Crippen molar-refractivity contribution in [3.05, 3.63) is 0 Å². The molecule has 1 saturated carbocycles. The van der Waals surface area contributed by atoms with Gasteiger partial charge in [0.05, 0.1) is 6.54 Å². The fourth-order valence-corrected chi connectivity index (χ4v) is 2.60. The molecule has 1 unspecified atom stereocenters. The molecule has 0 aromatic heterocycles. The Morgan fingerprint density at radius 1 is 1.39 bits per heavy atom. The molecule has 0 aromatic carbocycles. The van der Waals surface area contributed by atoms with Crippen LogP contribution in [0, 0.1) is 11.3 Å². The molecule has 18 heavy (non-hydrogen) atoms. The van der Waals surface area contributed by atoms with E-state index in [1.165, 1.54) is 0 Å². The Bertz CT molecular complexity index is 329. The molecular formula is C11H16F4N2O. The summed E-state index contributed by atoms with van der Waals surface area (Å²) in [4.78, 5) is 11.6. The first-order chi connectivity index (χ1) is 8.37. The van der Waals surface area contributed by atoms with Gasteiger partial charge in [-0.1, -0.05) is 0 Å². The van der Waals surface area contributed by atoms with Gasteiger partial charge in [0.1, 0.15) is 0 Å². The standard InChI is InChI=1S/C11H16F4N2O/c12-9(13)11(14,15)6-17-8(18)7-5-10(7)1-3-16-4-2-10/h7,9,16H,1-6H2,(H,17,18). The number of hydrogen-bond acceptors (Lipinski definition) is 2. The maximum absolute atomic E-state index is 12.6. The molecule has 1 saturated heterocycles. The summed E-state index contributed by atoms with van der Waals surface area (Å²) in [6.45, 7) is 0.349. The van der Waals surface area contributed by atoms with Gasteiger partial charge < -0.3 is 10.6 Å². The lowest BCUT2D eigenvalue weighted by molar-refractivity contribution is -0.137. The van der Waals surface area contributed by atoms with Gasteiger partial charge >= 0.3 is 12.3 Å². The van der Waals surface area contributed by atoms with E-state index in [1.807, 2.05) is 5.32 Å². The Kier molecular flexibility index (Phi) is 3.53. The number of amides is 1. The Morgan fingerprint density at radius 3 is 2.56 bits per heavy atom. The third kappa shape index (κ3) is 2.60. The summed E-state index contributed by atoms with van der Waals surface area (Å²) >= 11 is 0. The number of nitrogens with one attached hydrogen (secondary N) is 2. The highest BCUT2D eigenvalue weighted by atomic mass is 19.3. The van der Waals surface area contributed by atoms with Gasteiger partial charge in [-0.15, -0.1) is 0 Å². The summed E-state index contributed by atoms with van der Waals surface area (Å²) in [5, 5.41) is 5.11. The van der Waals surface area contributed by atoms with Crippen LogP contribution in [0.25, 0.3) is 0 Å². The second kappa shape index (κ2) is 4.68. The van der Waals surface area contributed by atoms with E-state index in [1.54, 1.807) is 0 Å². The van der Waals surface area contributed by atoms with Crippen molar-refractivity contribution in [2.75, 3.05) is 19.6 Å². The smallest absolute Gasteiger partial charge is 0.324 e. The highest BCUT2D eigenvalue weighted by molar-refractivity contribution is 5.82. The molecule has 0 radical (unpaired) electrons. The summed E-state index contributed by atoms with van der Waals surface area (Å²) in [6.07, 6.45) is -1.38. The van der Waals surface area contributed by atoms with E-state index in [0.717, 1.165) is 25.9 Å². The first-order valence-corrected chi connectivity index (χ1v) is 6.02. The Balaban J connectivity index is 1.80. The quantitative estimate of drug-likeness (QED) is 0.757. The zero-order chi connectivity index (χ0) is 13.4. The zero-order valence-corrected chi connectivity index (χ0v) is 9.82. The number of halogens is 4. The van der Waals surface area contributed by atoms with Gasteiger partial charge in [0.2, 0.25) is 5.91 Å². The van der Waals surface area contributed by atoms with E-state index in [4.69, 9.17) is 0 Å². The average molecular weight is 268 g/mol. The lowest BCUT2D eigenvalue weighted by atomic mass is 9.92. The second-order valence-electron chi connectivity index (χ2n) is 5.15. The van der Waals surface area contributed by atoms with E-state index in [0.29, 0.717) is 6.42 Å². The molecule has 1 amide bonds. The van der Waals surface area contributed by atoms with Crippen LogP contribution in [0.5, 0.6) is 0 Å². The Labute approximate surface area is 102 Å². The lowest BCUT2D eigenvalue weighted by Gasteiger charge is -2.23. The van der Waals surface area contributed by atoms with Gasteiger partial charge in [0, 0.05) is 5.92 Å². The van der Waals surface area contributed by atoms with Crippen LogP contribution < -0.4 is 10.6 Å².